The van der Waals surface area contributed by atoms with E-state index in [1.165, 1.54) is 6.08 Å². The molecule has 1 aromatic carbocycles. The van der Waals surface area contributed by atoms with Crippen LogP contribution < -0.4 is 5.32 Å². The van der Waals surface area contributed by atoms with E-state index in [-0.39, 0.29) is 18.9 Å². The fourth-order valence-corrected chi connectivity index (χ4v) is 1.39. The van der Waals surface area contributed by atoms with Crippen LogP contribution in [0.15, 0.2) is 30.3 Å². The predicted octanol–water partition coefficient (Wildman–Crippen LogP) is 1.30. The Balaban J connectivity index is 2.35. The molecule has 0 heterocycles. The summed E-state index contributed by atoms with van der Waals surface area (Å²) in [6.07, 6.45) is 1.45. The van der Waals surface area contributed by atoms with E-state index in [0.29, 0.717) is 5.02 Å². The summed E-state index contributed by atoms with van der Waals surface area (Å²) in [5, 5.41) is 20.5. The number of amides is 1. The van der Waals surface area contributed by atoms with Gasteiger partial charge in [0.15, 0.2) is 6.10 Å². The second-order valence-electron chi connectivity index (χ2n) is 3.82. The summed E-state index contributed by atoms with van der Waals surface area (Å²) >= 11 is 5.72. The van der Waals surface area contributed by atoms with Gasteiger partial charge in [-0.1, -0.05) is 23.7 Å². The van der Waals surface area contributed by atoms with Gasteiger partial charge in [0.05, 0.1) is 0 Å². The molecule has 0 aliphatic rings. The van der Waals surface area contributed by atoms with Crippen LogP contribution in [-0.2, 0) is 9.59 Å². The van der Waals surface area contributed by atoms with Crippen molar-refractivity contribution in [2.75, 3.05) is 6.54 Å². The number of aliphatic hydroxyl groups is 1. The largest absolute Gasteiger partial charge is 0.479 e. The Bertz CT molecular complexity index is 470. The number of nitrogens with one attached hydrogen (secondary N) is 1. The molecule has 1 aromatic rings. The summed E-state index contributed by atoms with van der Waals surface area (Å²) < 4.78 is 0. The molecular weight excluding hydrogens is 270 g/mol. The number of aliphatic hydroxyl groups excluding tert-OH is 1. The van der Waals surface area contributed by atoms with Crippen molar-refractivity contribution in [3.8, 4) is 0 Å². The van der Waals surface area contributed by atoms with Crippen LogP contribution in [0.5, 0.6) is 0 Å². The Hall–Kier alpha value is -1.85. The highest BCUT2D eigenvalue weighted by Crippen LogP contribution is 2.10. The van der Waals surface area contributed by atoms with Gasteiger partial charge in [-0.2, -0.15) is 0 Å². The van der Waals surface area contributed by atoms with Crippen LogP contribution in [0.25, 0.3) is 6.08 Å². The molecule has 1 atom stereocenters. The number of hydrogen-bond acceptors (Lipinski definition) is 3. The van der Waals surface area contributed by atoms with Crippen molar-refractivity contribution in [3.05, 3.63) is 40.9 Å². The van der Waals surface area contributed by atoms with Crippen molar-refractivity contribution in [2.24, 2.45) is 0 Å². The second-order valence-corrected chi connectivity index (χ2v) is 4.26. The number of carboxylic acid groups (broad SMARTS) is 1. The number of carbonyl (C=O) groups is 2. The molecule has 0 radical (unpaired) electrons. The maximum atomic E-state index is 11.4. The number of halogens is 1. The van der Waals surface area contributed by atoms with Crippen LogP contribution in [0.4, 0.5) is 0 Å². The smallest absolute Gasteiger partial charge is 0.332 e. The Morgan fingerprint density at radius 2 is 1.95 bits per heavy atom. The molecule has 0 aliphatic carbocycles. The van der Waals surface area contributed by atoms with Gasteiger partial charge in [0.25, 0.3) is 0 Å². The van der Waals surface area contributed by atoms with Gasteiger partial charge >= 0.3 is 5.97 Å². The van der Waals surface area contributed by atoms with Gasteiger partial charge in [-0.05, 0) is 23.8 Å². The minimum atomic E-state index is -1.46. The summed E-state index contributed by atoms with van der Waals surface area (Å²) in [5.41, 5.74) is 0.824. The zero-order valence-electron chi connectivity index (χ0n) is 10.0. The summed E-state index contributed by atoms with van der Waals surface area (Å²) in [4.78, 5) is 21.7. The lowest BCUT2D eigenvalue weighted by Crippen LogP contribution is -2.28. The zero-order valence-corrected chi connectivity index (χ0v) is 10.8. The van der Waals surface area contributed by atoms with Gasteiger partial charge < -0.3 is 15.5 Å². The van der Waals surface area contributed by atoms with Crippen LogP contribution in [-0.4, -0.2) is 34.7 Å². The second kappa shape index (κ2) is 7.56. The highest BCUT2D eigenvalue weighted by molar-refractivity contribution is 6.30. The number of rotatable bonds is 6. The fourth-order valence-electron chi connectivity index (χ4n) is 1.26. The van der Waals surface area contributed by atoms with Crippen LogP contribution >= 0.6 is 11.6 Å². The van der Waals surface area contributed by atoms with E-state index >= 15 is 0 Å². The average Bonchev–Trinajstić information content (AvgIpc) is 2.37. The van der Waals surface area contributed by atoms with Crippen LogP contribution in [0.1, 0.15) is 12.0 Å². The Labute approximate surface area is 115 Å². The van der Waals surface area contributed by atoms with Gasteiger partial charge in [-0.25, -0.2) is 4.79 Å². The molecule has 0 aromatic heterocycles. The predicted molar refractivity (Wildman–Crippen MR) is 71.8 cm³/mol. The summed E-state index contributed by atoms with van der Waals surface area (Å²) in [6.45, 7) is 0.0945. The van der Waals surface area contributed by atoms with Crippen molar-refractivity contribution in [1.29, 1.82) is 0 Å². The molecule has 0 spiro atoms. The normalized spacial score (nSPS) is 12.3. The molecule has 0 fully saturated rings. The fraction of sp³-hybridized carbons (Fsp3) is 0.231. The lowest BCUT2D eigenvalue weighted by atomic mass is 10.2. The molecular formula is C13H14ClNO4. The van der Waals surface area contributed by atoms with E-state index < -0.39 is 12.1 Å². The summed E-state index contributed by atoms with van der Waals surface area (Å²) in [5.74, 6) is -1.65. The lowest BCUT2D eigenvalue weighted by molar-refractivity contribution is -0.147. The molecule has 19 heavy (non-hydrogen) atoms. The lowest BCUT2D eigenvalue weighted by Gasteiger charge is -2.05. The van der Waals surface area contributed by atoms with E-state index in [1.54, 1.807) is 30.3 Å². The molecule has 5 nitrogen and oxygen atoms in total. The molecule has 0 unspecified atom stereocenters. The molecule has 1 amide bonds. The first-order valence-electron chi connectivity index (χ1n) is 5.61. The number of carbonyl (C=O) groups excluding carboxylic acids is 1. The number of carboxylic acids is 1. The van der Waals surface area contributed by atoms with E-state index in [9.17, 15) is 9.59 Å². The molecule has 102 valence electrons. The van der Waals surface area contributed by atoms with Crippen molar-refractivity contribution in [1.82, 2.24) is 5.32 Å². The van der Waals surface area contributed by atoms with Crippen molar-refractivity contribution in [2.45, 2.75) is 12.5 Å². The maximum absolute atomic E-state index is 11.4. The van der Waals surface area contributed by atoms with Crippen molar-refractivity contribution in [3.63, 3.8) is 0 Å². The maximum Gasteiger partial charge on any atom is 0.332 e. The van der Waals surface area contributed by atoms with Crippen molar-refractivity contribution >= 4 is 29.6 Å². The molecule has 0 saturated carbocycles. The molecule has 6 heteroatoms. The van der Waals surface area contributed by atoms with Crippen LogP contribution in [0, 0.1) is 0 Å². The van der Waals surface area contributed by atoms with Gasteiger partial charge in [0, 0.05) is 24.1 Å². The Morgan fingerprint density at radius 1 is 1.32 bits per heavy atom. The third-order valence-corrected chi connectivity index (χ3v) is 2.55. The van der Waals surface area contributed by atoms with Crippen LogP contribution in [0.2, 0.25) is 5.02 Å². The van der Waals surface area contributed by atoms with Gasteiger partial charge in [-0.3, -0.25) is 4.79 Å². The first kappa shape index (κ1) is 15.2. The van der Waals surface area contributed by atoms with E-state index in [4.69, 9.17) is 21.8 Å². The molecule has 0 bridgehead atoms. The van der Waals surface area contributed by atoms with E-state index in [1.807, 2.05) is 0 Å². The van der Waals surface area contributed by atoms with Gasteiger partial charge in [0.1, 0.15) is 0 Å². The van der Waals surface area contributed by atoms with Crippen molar-refractivity contribution < 1.29 is 19.8 Å². The van der Waals surface area contributed by atoms with E-state index in [2.05, 4.69) is 5.32 Å². The average molecular weight is 284 g/mol. The third kappa shape index (κ3) is 6.03. The van der Waals surface area contributed by atoms with Crippen LogP contribution in [0.3, 0.4) is 0 Å². The highest BCUT2D eigenvalue weighted by Gasteiger charge is 2.12. The number of aliphatic carboxylic acids is 1. The molecule has 0 aliphatic heterocycles. The molecule has 1 rings (SSSR count). The highest BCUT2D eigenvalue weighted by atomic mass is 35.5. The third-order valence-electron chi connectivity index (χ3n) is 2.30. The summed E-state index contributed by atoms with van der Waals surface area (Å²) in [7, 11) is 0. The first-order chi connectivity index (χ1) is 8.99. The van der Waals surface area contributed by atoms with E-state index in [0.717, 1.165) is 5.56 Å². The van der Waals surface area contributed by atoms with Gasteiger partial charge in [0.2, 0.25) is 5.91 Å². The number of benzene rings is 1. The standard InChI is InChI=1S/C13H14ClNO4/c14-10-4-1-9(2-5-10)3-6-12(17)15-8-7-11(16)13(18)19/h1-6,11,16H,7-8H2,(H,15,17)(H,18,19)/b6-3+/t11-/m0/s1. The summed E-state index contributed by atoms with van der Waals surface area (Å²) in [6, 6.07) is 6.95. The first-order valence-corrected chi connectivity index (χ1v) is 5.99. The topological polar surface area (TPSA) is 86.6 Å². The zero-order chi connectivity index (χ0) is 14.3. The Kier molecular flexibility index (Phi) is 6.05. The minimum absolute atomic E-state index is 0.0319. The monoisotopic (exact) mass is 283 g/mol. The molecule has 3 N–H and O–H groups in total. The SMILES string of the molecule is O=C(/C=C/c1ccc(Cl)cc1)NCC[C@H](O)C(=O)O. The molecule has 0 saturated heterocycles. The Morgan fingerprint density at radius 3 is 2.53 bits per heavy atom. The van der Waals surface area contributed by atoms with Gasteiger partial charge in [-0.15, -0.1) is 0 Å². The quantitative estimate of drug-likeness (QED) is 0.687. The number of hydrogen-bond donors (Lipinski definition) is 3. The minimum Gasteiger partial charge on any atom is -0.479 e.